The minimum Gasteiger partial charge on any atom is -0.325 e. The summed E-state index contributed by atoms with van der Waals surface area (Å²) >= 11 is 6.27. The highest BCUT2D eigenvalue weighted by Gasteiger charge is 2.26. The lowest BCUT2D eigenvalue weighted by molar-refractivity contribution is 0.357. The quantitative estimate of drug-likeness (QED) is 0.850. The predicted molar refractivity (Wildman–Crippen MR) is 73.4 cm³/mol. The number of hydrogen-bond acceptors (Lipinski definition) is 2. The van der Waals surface area contributed by atoms with Gasteiger partial charge in [-0.25, -0.2) is 0 Å². The van der Waals surface area contributed by atoms with Crippen LogP contribution in [0.5, 0.6) is 0 Å². The summed E-state index contributed by atoms with van der Waals surface area (Å²) < 4.78 is 1.86. The Labute approximate surface area is 109 Å². The van der Waals surface area contributed by atoms with Crippen LogP contribution in [-0.4, -0.2) is 15.3 Å². The molecule has 0 amide bonds. The standard InChI is InChI=1S/C13H24ClN3/c1-5-7-8-13(15,6-2)9-11-12(14)10(3)16-17(11)4/h5-9,15H2,1-4H3. The van der Waals surface area contributed by atoms with E-state index >= 15 is 0 Å². The molecule has 0 saturated carbocycles. The van der Waals surface area contributed by atoms with E-state index in [1.807, 2.05) is 18.7 Å². The van der Waals surface area contributed by atoms with Crippen LogP contribution in [0, 0.1) is 6.92 Å². The van der Waals surface area contributed by atoms with Gasteiger partial charge in [0, 0.05) is 19.0 Å². The number of rotatable bonds is 6. The van der Waals surface area contributed by atoms with E-state index in [1.54, 1.807) is 0 Å². The van der Waals surface area contributed by atoms with Crippen LogP contribution in [0.15, 0.2) is 0 Å². The highest BCUT2D eigenvalue weighted by Crippen LogP contribution is 2.27. The Bertz CT molecular complexity index is 373. The van der Waals surface area contributed by atoms with Gasteiger partial charge in [-0.1, -0.05) is 38.3 Å². The van der Waals surface area contributed by atoms with E-state index in [4.69, 9.17) is 17.3 Å². The Morgan fingerprint density at radius 3 is 2.47 bits per heavy atom. The molecule has 0 aliphatic heterocycles. The van der Waals surface area contributed by atoms with Gasteiger partial charge in [0.15, 0.2) is 0 Å². The molecule has 1 aromatic rings. The molecule has 0 spiro atoms. The fraction of sp³-hybridized carbons (Fsp3) is 0.769. The maximum atomic E-state index is 6.46. The van der Waals surface area contributed by atoms with Crippen LogP contribution < -0.4 is 5.73 Å². The zero-order chi connectivity index (χ0) is 13.1. The van der Waals surface area contributed by atoms with Crippen molar-refractivity contribution in [3.8, 4) is 0 Å². The predicted octanol–water partition coefficient (Wildman–Crippen LogP) is 3.22. The van der Waals surface area contributed by atoms with Gasteiger partial charge >= 0.3 is 0 Å². The summed E-state index contributed by atoms with van der Waals surface area (Å²) in [6.45, 7) is 6.27. The van der Waals surface area contributed by atoms with Crippen LogP contribution in [0.3, 0.4) is 0 Å². The second kappa shape index (κ2) is 5.87. The molecular formula is C13H24ClN3. The van der Waals surface area contributed by atoms with Crippen LogP contribution >= 0.6 is 11.6 Å². The lowest BCUT2D eigenvalue weighted by Gasteiger charge is -2.28. The minimum absolute atomic E-state index is 0.153. The third-order valence-corrected chi connectivity index (χ3v) is 4.01. The molecule has 1 atom stereocenters. The molecule has 17 heavy (non-hydrogen) atoms. The average Bonchev–Trinajstić information content (AvgIpc) is 2.53. The number of aryl methyl sites for hydroxylation is 2. The number of aromatic nitrogens is 2. The van der Waals surface area contributed by atoms with E-state index in [0.29, 0.717) is 0 Å². The number of nitrogens with two attached hydrogens (primary N) is 1. The smallest absolute Gasteiger partial charge is 0.0847 e. The fourth-order valence-corrected chi connectivity index (χ4v) is 2.35. The second-order valence-corrected chi connectivity index (χ2v) is 5.34. The molecule has 0 saturated heterocycles. The summed E-state index contributed by atoms with van der Waals surface area (Å²) in [6.07, 6.45) is 5.16. The van der Waals surface area contributed by atoms with Crippen LogP contribution in [0.1, 0.15) is 50.9 Å². The summed E-state index contributed by atoms with van der Waals surface area (Å²) in [7, 11) is 1.93. The molecule has 1 aromatic heterocycles. The molecule has 98 valence electrons. The molecule has 0 fully saturated rings. The third-order valence-electron chi connectivity index (χ3n) is 3.51. The van der Waals surface area contributed by atoms with Gasteiger partial charge < -0.3 is 5.73 Å². The van der Waals surface area contributed by atoms with E-state index < -0.39 is 0 Å². The summed E-state index contributed by atoms with van der Waals surface area (Å²) in [5.74, 6) is 0. The van der Waals surface area contributed by atoms with Crippen molar-refractivity contribution in [3.63, 3.8) is 0 Å². The highest BCUT2D eigenvalue weighted by molar-refractivity contribution is 6.31. The molecule has 1 heterocycles. The van der Waals surface area contributed by atoms with Gasteiger partial charge in [-0.15, -0.1) is 0 Å². The molecule has 1 rings (SSSR count). The van der Waals surface area contributed by atoms with E-state index in [0.717, 1.165) is 35.7 Å². The lowest BCUT2D eigenvalue weighted by atomic mass is 9.86. The highest BCUT2D eigenvalue weighted by atomic mass is 35.5. The fourth-order valence-electron chi connectivity index (χ4n) is 2.12. The number of nitrogens with zero attached hydrogens (tertiary/aromatic N) is 2. The Morgan fingerprint density at radius 2 is 2.06 bits per heavy atom. The molecule has 3 nitrogen and oxygen atoms in total. The molecule has 2 N–H and O–H groups in total. The largest absolute Gasteiger partial charge is 0.325 e. The van der Waals surface area contributed by atoms with Crippen molar-refractivity contribution >= 4 is 11.6 Å². The monoisotopic (exact) mass is 257 g/mol. The van der Waals surface area contributed by atoms with Gasteiger partial charge in [0.1, 0.15) is 0 Å². The van der Waals surface area contributed by atoms with Gasteiger partial charge in [0.25, 0.3) is 0 Å². The molecule has 4 heteroatoms. The molecule has 0 aliphatic carbocycles. The molecule has 1 unspecified atom stereocenters. The maximum absolute atomic E-state index is 6.46. The Balaban J connectivity index is 2.86. The zero-order valence-electron chi connectivity index (χ0n) is 11.4. The van der Waals surface area contributed by atoms with E-state index in [9.17, 15) is 0 Å². The Hall–Kier alpha value is -0.540. The van der Waals surface area contributed by atoms with Crippen LogP contribution in [0.25, 0.3) is 0 Å². The summed E-state index contributed by atoms with van der Waals surface area (Å²) in [6, 6.07) is 0. The first-order chi connectivity index (χ1) is 7.93. The number of hydrogen-bond donors (Lipinski definition) is 1. The van der Waals surface area contributed by atoms with Crippen molar-refractivity contribution in [1.82, 2.24) is 9.78 Å². The van der Waals surface area contributed by atoms with Crippen molar-refractivity contribution < 1.29 is 0 Å². The van der Waals surface area contributed by atoms with Crippen molar-refractivity contribution in [2.45, 2.75) is 58.4 Å². The van der Waals surface area contributed by atoms with Gasteiger partial charge in [0.05, 0.1) is 16.4 Å². The van der Waals surface area contributed by atoms with Crippen LogP contribution in [0.2, 0.25) is 5.02 Å². The minimum atomic E-state index is -0.153. The first-order valence-electron chi connectivity index (χ1n) is 6.40. The summed E-state index contributed by atoms with van der Waals surface area (Å²) in [5.41, 5.74) is 8.26. The molecular weight excluding hydrogens is 234 g/mol. The SMILES string of the molecule is CCCCC(N)(CC)Cc1c(Cl)c(C)nn1C. The zero-order valence-corrected chi connectivity index (χ0v) is 12.1. The molecule has 0 bridgehead atoms. The van der Waals surface area contributed by atoms with Crippen LogP contribution in [-0.2, 0) is 13.5 Å². The maximum Gasteiger partial charge on any atom is 0.0847 e. The molecule has 0 radical (unpaired) electrons. The second-order valence-electron chi connectivity index (χ2n) is 4.97. The summed E-state index contributed by atoms with van der Waals surface area (Å²) in [5, 5.41) is 5.11. The van der Waals surface area contributed by atoms with Crippen molar-refractivity contribution in [1.29, 1.82) is 0 Å². The van der Waals surface area contributed by atoms with Crippen molar-refractivity contribution in [2.24, 2.45) is 12.8 Å². The van der Waals surface area contributed by atoms with Gasteiger partial charge in [-0.3, -0.25) is 4.68 Å². The Morgan fingerprint density at radius 1 is 1.41 bits per heavy atom. The van der Waals surface area contributed by atoms with E-state index in [-0.39, 0.29) is 5.54 Å². The topological polar surface area (TPSA) is 43.8 Å². The molecule has 0 aliphatic rings. The third kappa shape index (κ3) is 3.46. The summed E-state index contributed by atoms with van der Waals surface area (Å²) in [4.78, 5) is 0. The average molecular weight is 258 g/mol. The van der Waals surface area contributed by atoms with E-state index in [1.165, 1.54) is 12.8 Å². The first kappa shape index (κ1) is 14.5. The van der Waals surface area contributed by atoms with E-state index in [2.05, 4.69) is 18.9 Å². The van der Waals surface area contributed by atoms with Gasteiger partial charge in [-0.2, -0.15) is 5.10 Å². The number of halogens is 1. The first-order valence-corrected chi connectivity index (χ1v) is 6.78. The van der Waals surface area contributed by atoms with Crippen molar-refractivity contribution in [2.75, 3.05) is 0 Å². The van der Waals surface area contributed by atoms with Gasteiger partial charge in [-0.05, 0) is 19.8 Å². The normalized spacial score (nSPS) is 14.9. The lowest BCUT2D eigenvalue weighted by Crippen LogP contribution is -2.42. The van der Waals surface area contributed by atoms with Crippen molar-refractivity contribution in [3.05, 3.63) is 16.4 Å². The van der Waals surface area contributed by atoms with Gasteiger partial charge in [0.2, 0.25) is 0 Å². The molecule has 0 aromatic carbocycles. The van der Waals surface area contributed by atoms with Crippen LogP contribution in [0.4, 0.5) is 0 Å². The Kier molecular flexibility index (Phi) is 5.02. The number of unbranched alkanes of at least 4 members (excludes halogenated alkanes) is 1.